The number of nitrogens with zero attached hydrogens (tertiary/aromatic N) is 1. The summed E-state index contributed by atoms with van der Waals surface area (Å²) in [4.78, 5) is 19.8. The van der Waals surface area contributed by atoms with Gasteiger partial charge < -0.3 is 9.84 Å². The number of rotatable bonds is 2. The Kier molecular flexibility index (Phi) is 3.86. The van der Waals surface area contributed by atoms with Gasteiger partial charge in [0.25, 0.3) is 5.69 Å². The largest absolute Gasteiger partial charge is 0.506 e. The van der Waals surface area contributed by atoms with Crippen LogP contribution in [0.2, 0.25) is 0 Å². The molecule has 1 aromatic rings. The van der Waals surface area contributed by atoms with E-state index in [1.165, 1.54) is 24.3 Å². The molecular weight excluding hydrogens is 214 g/mol. The fourth-order valence-electron chi connectivity index (χ4n) is 0.902. The van der Waals surface area contributed by atoms with Crippen LogP contribution >= 0.6 is 0 Å². The van der Waals surface area contributed by atoms with Gasteiger partial charge in [-0.05, 0) is 12.1 Å². The van der Waals surface area contributed by atoms with Gasteiger partial charge in [0.05, 0.1) is 4.92 Å². The molecule has 1 rings (SSSR count). The van der Waals surface area contributed by atoms with Crippen molar-refractivity contribution in [1.82, 2.24) is 0 Å². The highest BCUT2D eigenvalue weighted by Crippen LogP contribution is 2.10. The van der Waals surface area contributed by atoms with E-state index >= 15 is 0 Å². The Balaban J connectivity index is 2.61. The number of ether oxygens (including phenoxy) is 1. The Bertz CT molecular complexity index is 454. The van der Waals surface area contributed by atoms with E-state index in [0.29, 0.717) is 5.56 Å². The molecule has 0 atom stereocenters. The zero-order chi connectivity index (χ0) is 12.0. The molecule has 0 saturated carbocycles. The number of non-ortho nitro benzene ring substituents is 1. The van der Waals surface area contributed by atoms with Crippen molar-refractivity contribution in [1.29, 1.82) is 0 Å². The van der Waals surface area contributed by atoms with Crippen LogP contribution in [0.4, 0.5) is 10.5 Å². The maximum absolute atomic E-state index is 10.3. The lowest BCUT2D eigenvalue weighted by atomic mass is 10.2. The minimum absolute atomic E-state index is 0.0210. The number of benzene rings is 1. The number of nitro groups is 1. The van der Waals surface area contributed by atoms with Crippen molar-refractivity contribution >= 4 is 11.8 Å². The van der Waals surface area contributed by atoms with Gasteiger partial charge in [-0.2, -0.15) is 0 Å². The molecule has 0 radical (unpaired) electrons. The summed E-state index contributed by atoms with van der Waals surface area (Å²) in [7, 11) is 0. The molecule has 0 heterocycles. The van der Waals surface area contributed by atoms with Crippen molar-refractivity contribution in [3.63, 3.8) is 0 Å². The third kappa shape index (κ3) is 3.67. The molecule has 1 N–H and O–H groups in total. The van der Waals surface area contributed by atoms with E-state index in [-0.39, 0.29) is 12.3 Å². The Labute approximate surface area is 90.6 Å². The normalized spacial score (nSPS) is 8.75. The van der Waals surface area contributed by atoms with E-state index in [0.717, 1.165) is 0 Å². The molecular formula is C10H7NO5. The molecule has 0 aromatic heterocycles. The fourth-order valence-corrected chi connectivity index (χ4v) is 0.902. The number of carbonyl (C=O) groups is 1. The standard InChI is InChI=1S/C10H7NO5/c12-10(13)16-7-1-2-8-3-5-9(6-4-8)11(14)15/h3-6H,7H2,(H,12,13). The molecule has 6 heteroatoms. The molecule has 0 amide bonds. The van der Waals surface area contributed by atoms with E-state index in [9.17, 15) is 14.9 Å². The average molecular weight is 221 g/mol. The molecule has 0 bridgehead atoms. The minimum Gasteiger partial charge on any atom is -0.450 e. The van der Waals surface area contributed by atoms with Crippen LogP contribution in [0.25, 0.3) is 0 Å². The Hall–Kier alpha value is -2.55. The topological polar surface area (TPSA) is 89.7 Å². The molecule has 6 nitrogen and oxygen atoms in total. The summed E-state index contributed by atoms with van der Waals surface area (Å²) in [5, 5.41) is 18.5. The van der Waals surface area contributed by atoms with Gasteiger partial charge in [-0.3, -0.25) is 10.1 Å². The number of nitro benzene ring substituents is 1. The van der Waals surface area contributed by atoms with Crippen LogP contribution in [0, 0.1) is 22.0 Å². The minimum atomic E-state index is -1.39. The fraction of sp³-hybridized carbons (Fsp3) is 0.100. The summed E-state index contributed by atoms with van der Waals surface area (Å²) in [5.41, 5.74) is 0.534. The van der Waals surface area contributed by atoms with Crippen LogP contribution in [-0.2, 0) is 4.74 Å². The van der Waals surface area contributed by atoms with Crippen LogP contribution < -0.4 is 0 Å². The van der Waals surface area contributed by atoms with Gasteiger partial charge in [-0.25, -0.2) is 4.79 Å². The first-order valence-electron chi connectivity index (χ1n) is 4.18. The van der Waals surface area contributed by atoms with Crippen molar-refractivity contribution in [3.8, 4) is 11.8 Å². The van der Waals surface area contributed by atoms with Crippen LogP contribution in [0.5, 0.6) is 0 Å². The maximum Gasteiger partial charge on any atom is 0.506 e. The first-order chi connectivity index (χ1) is 7.59. The summed E-state index contributed by atoms with van der Waals surface area (Å²) in [6, 6.07) is 5.60. The molecule has 0 aliphatic carbocycles. The van der Waals surface area contributed by atoms with Crippen molar-refractivity contribution in [3.05, 3.63) is 39.9 Å². The molecule has 16 heavy (non-hydrogen) atoms. The van der Waals surface area contributed by atoms with Crippen LogP contribution in [0.3, 0.4) is 0 Å². The average Bonchev–Trinajstić information content (AvgIpc) is 2.25. The smallest absolute Gasteiger partial charge is 0.450 e. The SMILES string of the molecule is O=C(O)OCC#Cc1ccc([N+](=O)[O-])cc1. The van der Waals surface area contributed by atoms with Crippen molar-refractivity contribution in [2.45, 2.75) is 0 Å². The Morgan fingerprint density at radius 1 is 1.44 bits per heavy atom. The second-order valence-electron chi connectivity index (χ2n) is 2.66. The van der Waals surface area contributed by atoms with Gasteiger partial charge >= 0.3 is 6.16 Å². The third-order valence-electron chi connectivity index (χ3n) is 1.58. The first kappa shape index (κ1) is 11.5. The third-order valence-corrected chi connectivity index (χ3v) is 1.58. The van der Waals surface area contributed by atoms with Crippen molar-refractivity contribution in [2.75, 3.05) is 6.61 Å². The molecule has 1 aromatic carbocycles. The Morgan fingerprint density at radius 2 is 2.06 bits per heavy atom. The first-order valence-corrected chi connectivity index (χ1v) is 4.18. The maximum atomic E-state index is 10.3. The summed E-state index contributed by atoms with van der Waals surface area (Å²) in [5.74, 6) is 5.06. The van der Waals surface area contributed by atoms with E-state index in [4.69, 9.17) is 5.11 Å². The zero-order valence-corrected chi connectivity index (χ0v) is 8.04. The van der Waals surface area contributed by atoms with E-state index in [1.54, 1.807) is 0 Å². The highest BCUT2D eigenvalue weighted by molar-refractivity contribution is 5.57. The molecule has 0 aliphatic rings. The monoisotopic (exact) mass is 221 g/mol. The van der Waals surface area contributed by atoms with Gasteiger partial charge in [0, 0.05) is 17.7 Å². The van der Waals surface area contributed by atoms with Crippen LogP contribution in [-0.4, -0.2) is 22.8 Å². The van der Waals surface area contributed by atoms with Crippen LogP contribution in [0.15, 0.2) is 24.3 Å². The Morgan fingerprint density at radius 3 is 2.56 bits per heavy atom. The predicted octanol–water partition coefficient (Wildman–Crippen LogP) is 1.64. The van der Waals surface area contributed by atoms with Gasteiger partial charge in [-0.1, -0.05) is 11.8 Å². The predicted molar refractivity (Wildman–Crippen MR) is 54.0 cm³/mol. The van der Waals surface area contributed by atoms with E-state index in [2.05, 4.69) is 16.6 Å². The quantitative estimate of drug-likeness (QED) is 0.355. The second kappa shape index (κ2) is 5.36. The number of carboxylic acid groups (broad SMARTS) is 1. The van der Waals surface area contributed by atoms with Gasteiger partial charge in [0.2, 0.25) is 0 Å². The highest BCUT2D eigenvalue weighted by atomic mass is 16.7. The van der Waals surface area contributed by atoms with Gasteiger partial charge in [0.15, 0.2) is 6.61 Å². The summed E-state index contributed by atoms with van der Waals surface area (Å²) >= 11 is 0. The summed E-state index contributed by atoms with van der Waals surface area (Å²) in [6.07, 6.45) is -1.39. The summed E-state index contributed by atoms with van der Waals surface area (Å²) < 4.78 is 4.16. The molecule has 82 valence electrons. The van der Waals surface area contributed by atoms with Crippen molar-refractivity contribution < 1.29 is 19.6 Å². The zero-order valence-electron chi connectivity index (χ0n) is 8.04. The van der Waals surface area contributed by atoms with E-state index in [1.807, 2.05) is 0 Å². The molecule has 0 saturated heterocycles. The molecule has 0 fully saturated rings. The lowest BCUT2D eigenvalue weighted by Gasteiger charge is -1.92. The summed E-state index contributed by atoms with van der Waals surface area (Å²) in [6.45, 7) is -0.230. The van der Waals surface area contributed by atoms with Gasteiger partial charge in [-0.15, -0.1) is 0 Å². The molecule has 0 aliphatic heterocycles. The molecule has 0 unspecified atom stereocenters. The number of hydrogen-bond acceptors (Lipinski definition) is 4. The van der Waals surface area contributed by atoms with Crippen LogP contribution in [0.1, 0.15) is 5.56 Å². The van der Waals surface area contributed by atoms with E-state index < -0.39 is 11.1 Å². The molecule has 0 spiro atoms. The lowest BCUT2D eigenvalue weighted by molar-refractivity contribution is -0.384. The number of hydrogen-bond donors (Lipinski definition) is 1. The lowest BCUT2D eigenvalue weighted by Crippen LogP contribution is -1.99. The highest BCUT2D eigenvalue weighted by Gasteiger charge is 2.02. The second-order valence-corrected chi connectivity index (χ2v) is 2.66. The van der Waals surface area contributed by atoms with Crippen molar-refractivity contribution in [2.24, 2.45) is 0 Å². The van der Waals surface area contributed by atoms with Gasteiger partial charge in [0.1, 0.15) is 0 Å².